The minimum atomic E-state index is -1.09. The number of hydrogen-bond acceptors (Lipinski definition) is 7. The summed E-state index contributed by atoms with van der Waals surface area (Å²) in [6.45, 7) is 14.5. The predicted octanol–water partition coefficient (Wildman–Crippen LogP) is 6.47. The largest absolute Gasteiger partial charge is 0.458 e. The minimum absolute atomic E-state index is 0.203. The van der Waals surface area contributed by atoms with Crippen molar-refractivity contribution in [3.8, 4) is 0 Å². The minimum Gasteiger partial charge on any atom is -0.458 e. The Morgan fingerprint density at radius 2 is 1.60 bits per heavy atom. The molecule has 0 aliphatic heterocycles. The van der Waals surface area contributed by atoms with Gasteiger partial charge in [-0.15, -0.1) is 0 Å². The van der Waals surface area contributed by atoms with Gasteiger partial charge in [0.2, 0.25) is 11.8 Å². The van der Waals surface area contributed by atoms with Crippen LogP contribution in [0.5, 0.6) is 0 Å². The van der Waals surface area contributed by atoms with Crippen LogP contribution in [0.3, 0.4) is 0 Å². The van der Waals surface area contributed by atoms with Gasteiger partial charge in [0.25, 0.3) is 0 Å². The number of thioether (sulfide) groups is 1. The van der Waals surface area contributed by atoms with Crippen molar-refractivity contribution in [2.75, 3.05) is 12.0 Å². The van der Waals surface area contributed by atoms with E-state index in [1.807, 2.05) is 54.8 Å². The molecule has 3 rings (SSSR count). The zero-order valence-corrected chi connectivity index (χ0v) is 29.7. The molecule has 0 bridgehead atoms. The highest BCUT2D eigenvalue weighted by Crippen LogP contribution is 2.35. The summed E-state index contributed by atoms with van der Waals surface area (Å²) < 4.78 is 11.2. The molecule has 47 heavy (non-hydrogen) atoms. The number of ether oxygens (including phenoxy) is 2. The summed E-state index contributed by atoms with van der Waals surface area (Å²) in [6.07, 6.45) is 5.77. The quantitative estimate of drug-likeness (QED) is 0.223. The summed E-state index contributed by atoms with van der Waals surface area (Å²) in [5.74, 6) is -0.861. The third kappa shape index (κ3) is 11.8. The fourth-order valence-corrected chi connectivity index (χ4v) is 5.74. The SMILES string of the molecule is C=Cc1cccc(C(C(=O)NC(Cc2ccccc2)C(=O)OC(C)(C)C)N(C(=O)C(CCSC)NC(=O)OC(C)(C)C)C2CCC2)c1. The second-order valence-corrected chi connectivity index (χ2v) is 14.9. The molecule has 0 saturated heterocycles. The Labute approximate surface area is 284 Å². The summed E-state index contributed by atoms with van der Waals surface area (Å²) in [6, 6.07) is 13.4. The third-order valence-corrected chi connectivity index (χ3v) is 8.25. The number of esters is 1. The molecule has 3 unspecified atom stereocenters. The lowest BCUT2D eigenvalue weighted by molar-refractivity contribution is -0.159. The van der Waals surface area contributed by atoms with Crippen LogP contribution in [0.4, 0.5) is 4.79 Å². The maximum absolute atomic E-state index is 14.6. The van der Waals surface area contributed by atoms with E-state index in [4.69, 9.17) is 9.47 Å². The number of carbonyl (C=O) groups is 4. The highest BCUT2D eigenvalue weighted by Gasteiger charge is 2.43. The van der Waals surface area contributed by atoms with E-state index in [1.54, 1.807) is 70.3 Å². The average Bonchev–Trinajstić information content (AvgIpc) is 2.96. The van der Waals surface area contributed by atoms with E-state index in [9.17, 15) is 19.2 Å². The van der Waals surface area contributed by atoms with Crippen LogP contribution in [0.15, 0.2) is 61.2 Å². The van der Waals surface area contributed by atoms with Crippen molar-refractivity contribution in [2.24, 2.45) is 0 Å². The molecule has 0 radical (unpaired) electrons. The number of benzene rings is 2. The van der Waals surface area contributed by atoms with E-state index in [-0.39, 0.29) is 18.4 Å². The van der Waals surface area contributed by atoms with Crippen molar-refractivity contribution in [1.29, 1.82) is 0 Å². The van der Waals surface area contributed by atoms with Crippen molar-refractivity contribution >= 4 is 41.7 Å². The van der Waals surface area contributed by atoms with Crippen LogP contribution in [-0.2, 0) is 30.3 Å². The van der Waals surface area contributed by atoms with Crippen LogP contribution >= 0.6 is 11.8 Å². The highest BCUT2D eigenvalue weighted by atomic mass is 32.2. The Balaban J connectivity index is 2.08. The lowest BCUT2D eigenvalue weighted by Crippen LogP contribution is -2.58. The molecule has 1 aliphatic carbocycles. The van der Waals surface area contributed by atoms with Crippen LogP contribution in [0.2, 0.25) is 0 Å². The summed E-state index contributed by atoms with van der Waals surface area (Å²) >= 11 is 1.56. The van der Waals surface area contributed by atoms with Crippen molar-refractivity contribution in [3.63, 3.8) is 0 Å². The Hall–Kier alpha value is -3.79. The Kier molecular flexibility index (Phi) is 13.5. The second-order valence-electron chi connectivity index (χ2n) is 13.9. The number of amides is 3. The molecule has 0 aromatic heterocycles. The van der Waals surface area contributed by atoms with Crippen LogP contribution in [0, 0.1) is 0 Å². The van der Waals surface area contributed by atoms with Crippen molar-refractivity contribution in [1.82, 2.24) is 15.5 Å². The second kappa shape index (κ2) is 16.9. The van der Waals surface area contributed by atoms with Crippen LogP contribution in [-0.4, -0.2) is 70.1 Å². The number of nitrogens with zero attached hydrogens (tertiary/aromatic N) is 1. The molecule has 1 fully saturated rings. The molecule has 1 aliphatic rings. The van der Waals surface area contributed by atoms with Gasteiger partial charge in [0, 0.05) is 12.5 Å². The van der Waals surface area contributed by atoms with Gasteiger partial charge in [0.15, 0.2) is 0 Å². The normalized spacial score (nSPS) is 15.3. The first-order valence-electron chi connectivity index (χ1n) is 16.2. The monoisotopic (exact) mass is 665 g/mol. The van der Waals surface area contributed by atoms with Gasteiger partial charge < -0.3 is 25.0 Å². The van der Waals surface area contributed by atoms with Crippen LogP contribution in [0.1, 0.15) is 90.0 Å². The molecule has 3 atom stereocenters. The molecule has 2 aromatic rings. The maximum Gasteiger partial charge on any atom is 0.408 e. The zero-order chi connectivity index (χ0) is 34.8. The number of hydrogen-bond donors (Lipinski definition) is 2. The molecule has 2 aromatic carbocycles. The third-order valence-electron chi connectivity index (χ3n) is 7.60. The summed E-state index contributed by atoms with van der Waals surface area (Å²) in [5.41, 5.74) is 0.664. The molecule has 0 spiro atoms. The molecule has 0 heterocycles. The van der Waals surface area contributed by atoms with E-state index in [2.05, 4.69) is 17.2 Å². The highest BCUT2D eigenvalue weighted by molar-refractivity contribution is 7.98. The fourth-order valence-electron chi connectivity index (χ4n) is 5.27. The first-order valence-corrected chi connectivity index (χ1v) is 17.6. The lowest BCUT2D eigenvalue weighted by atomic mass is 9.87. The number of nitrogens with one attached hydrogen (secondary N) is 2. The van der Waals surface area contributed by atoms with Gasteiger partial charge >= 0.3 is 12.1 Å². The fraction of sp³-hybridized carbons (Fsp3) is 0.514. The van der Waals surface area contributed by atoms with Crippen LogP contribution < -0.4 is 10.6 Å². The number of rotatable bonds is 14. The zero-order valence-electron chi connectivity index (χ0n) is 28.8. The molecule has 3 amide bonds. The summed E-state index contributed by atoms with van der Waals surface area (Å²) in [5, 5.41) is 5.76. The molecule has 10 heteroatoms. The van der Waals surface area contributed by atoms with Gasteiger partial charge in [0.05, 0.1) is 0 Å². The Morgan fingerprint density at radius 3 is 2.15 bits per heavy atom. The summed E-state index contributed by atoms with van der Waals surface area (Å²) in [7, 11) is 0. The van der Waals surface area contributed by atoms with E-state index in [1.165, 1.54) is 0 Å². The molecule has 256 valence electrons. The van der Waals surface area contributed by atoms with Gasteiger partial charge in [-0.2, -0.15) is 11.8 Å². The van der Waals surface area contributed by atoms with Crippen molar-refractivity contribution in [2.45, 2.75) is 109 Å². The maximum atomic E-state index is 14.6. The topological polar surface area (TPSA) is 114 Å². The van der Waals surface area contributed by atoms with E-state index >= 15 is 0 Å². The van der Waals surface area contributed by atoms with Crippen LogP contribution in [0.25, 0.3) is 6.08 Å². The van der Waals surface area contributed by atoms with Gasteiger partial charge in [0.1, 0.15) is 29.3 Å². The van der Waals surface area contributed by atoms with Gasteiger partial charge in [-0.3, -0.25) is 9.59 Å². The average molecular weight is 666 g/mol. The smallest absolute Gasteiger partial charge is 0.408 e. The predicted molar refractivity (Wildman–Crippen MR) is 188 cm³/mol. The van der Waals surface area contributed by atoms with E-state index in [0.717, 1.165) is 17.5 Å². The molecule has 2 N–H and O–H groups in total. The number of carbonyl (C=O) groups excluding carboxylic acids is 4. The van der Waals surface area contributed by atoms with Gasteiger partial charge in [-0.1, -0.05) is 61.2 Å². The van der Waals surface area contributed by atoms with Gasteiger partial charge in [-0.05, 0) is 102 Å². The molecule has 1 saturated carbocycles. The summed E-state index contributed by atoms with van der Waals surface area (Å²) in [4.78, 5) is 57.3. The van der Waals surface area contributed by atoms with Crippen molar-refractivity contribution in [3.05, 3.63) is 77.9 Å². The number of alkyl carbamates (subject to hydrolysis) is 1. The standard InChI is InChI=1S/C37H51N3O6S/c1-9-25-17-13-18-27(23-25)31(32(41)38-30(34(43)45-36(2,3)4)24-26-15-11-10-12-16-26)40(28-19-14-20-28)33(42)29(21-22-47-8)39-35(44)46-37(5,6)7/h9-13,15-18,23,28-31H,1,14,19-22,24H2,2-8H3,(H,38,41)(H,39,44). The first-order chi connectivity index (χ1) is 22.1. The van der Waals surface area contributed by atoms with E-state index < -0.39 is 47.3 Å². The molecular weight excluding hydrogens is 614 g/mol. The lowest BCUT2D eigenvalue weighted by Gasteiger charge is -2.44. The van der Waals surface area contributed by atoms with Crippen molar-refractivity contribution < 1.29 is 28.7 Å². The molecule has 9 nitrogen and oxygen atoms in total. The molecular formula is C37H51N3O6S. The van der Waals surface area contributed by atoms with E-state index in [0.29, 0.717) is 30.6 Å². The Bertz CT molecular complexity index is 1380. The Morgan fingerprint density at radius 1 is 0.936 bits per heavy atom. The first kappa shape index (κ1) is 37.7. The van der Waals surface area contributed by atoms with Gasteiger partial charge in [-0.25, -0.2) is 9.59 Å².